The largest absolute Gasteiger partial charge is 0.364 e. The van der Waals surface area contributed by atoms with E-state index in [0.29, 0.717) is 5.25 Å². The van der Waals surface area contributed by atoms with E-state index in [1.807, 2.05) is 13.0 Å². The standard InChI is InChI=1S/C9H13NOS/c1-4-9(12-7(2)3)8-5-6-11-10-8/h4-7H,1-3H3/b9-4-. The van der Waals surface area contributed by atoms with Gasteiger partial charge in [0.25, 0.3) is 0 Å². The maximum Gasteiger partial charge on any atom is 0.124 e. The Kier molecular flexibility index (Phi) is 3.41. The average Bonchev–Trinajstić information content (AvgIpc) is 2.51. The normalized spacial score (nSPS) is 12.5. The highest BCUT2D eigenvalue weighted by Crippen LogP contribution is 2.29. The Morgan fingerprint density at radius 2 is 2.42 bits per heavy atom. The Morgan fingerprint density at radius 1 is 1.67 bits per heavy atom. The fourth-order valence-corrected chi connectivity index (χ4v) is 1.74. The Hall–Kier alpha value is -0.700. The van der Waals surface area contributed by atoms with Gasteiger partial charge in [0.05, 0.1) is 0 Å². The molecule has 0 aliphatic rings. The molecule has 66 valence electrons. The van der Waals surface area contributed by atoms with Gasteiger partial charge < -0.3 is 4.52 Å². The van der Waals surface area contributed by atoms with Gasteiger partial charge in [-0.25, -0.2) is 0 Å². The Bertz CT molecular complexity index is 252. The summed E-state index contributed by atoms with van der Waals surface area (Å²) in [6.07, 6.45) is 3.66. The number of nitrogens with zero attached hydrogens (tertiary/aromatic N) is 1. The first-order chi connectivity index (χ1) is 5.74. The predicted molar refractivity (Wildman–Crippen MR) is 52.9 cm³/mol. The lowest BCUT2D eigenvalue weighted by molar-refractivity contribution is 0.418. The second-order valence-corrected chi connectivity index (χ2v) is 4.32. The van der Waals surface area contributed by atoms with Gasteiger partial charge in [0.1, 0.15) is 12.0 Å². The molecule has 0 aromatic carbocycles. The van der Waals surface area contributed by atoms with E-state index in [9.17, 15) is 0 Å². The van der Waals surface area contributed by atoms with Gasteiger partial charge in [0.2, 0.25) is 0 Å². The highest BCUT2D eigenvalue weighted by Gasteiger charge is 2.06. The molecule has 0 N–H and O–H groups in total. The van der Waals surface area contributed by atoms with Gasteiger partial charge >= 0.3 is 0 Å². The van der Waals surface area contributed by atoms with Gasteiger partial charge in [-0.3, -0.25) is 0 Å². The Labute approximate surface area is 77.0 Å². The van der Waals surface area contributed by atoms with Gasteiger partial charge in [-0.05, 0) is 6.92 Å². The van der Waals surface area contributed by atoms with Crippen LogP contribution in [0.25, 0.3) is 4.91 Å². The number of hydrogen-bond donors (Lipinski definition) is 0. The smallest absolute Gasteiger partial charge is 0.124 e. The lowest BCUT2D eigenvalue weighted by atomic mass is 10.4. The molecule has 1 heterocycles. The van der Waals surface area contributed by atoms with E-state index in [-0.39, 0.29) is 0 Å². The van der Waals surface area contributed by atoms with Gasteiger partial charge in [-0.2, -0.15) is 0 Å². The molecule has 0 aliphatic heterocycles. The summed E-state index contributed by atoms with van der Waals surface area (Å²) in [5.41, 5.74) is 0.927. The minimum absolute atomic E-state index is 0.577. The van der Waals surface area contributed by atoms with Crippen molar-refractivity contribution >= 4 is 16.7 Å². The first-order valence-electron chi connectivity index (χ1n) is 3.97. The topological polar surface area (TPSA) is 26.0 Å². The third kappa shape index (κ3) is 2.41. The third-order valence-corrected chi connectivity index (χ3v) is 2.49. The van der Waals surface area contributed by atoms with Crippen molar-refractivity contribution in [3.8, 4) is 0 Å². The predicted octanol–water partition coefficient (Wildman–Crippen LogP) is 3.18. The molecular weight excluding hydrogens is 170 g/mol. The summed E-state index contributed by atoms with van der Waals surface area (Å²) in [7, 11) is 0. The van der Waals surface area contributed by atoms with Crippen molar-refractivity contribution in [2.75, 3.05) is 0 Å². The molecule has 0 saturated heterocycles. The van der Waals surface area contributed by atoms with Crippen LogP contribution in [0.3, 0.4) is 0 Å². The van der Waals surface area contributed by atoms with E-state index >= 15 is 0 Å². The number of rotatable bonds is 3. The maximum absolute atomic E-state index is 4.77. The second-order valence-electron chi connectivity index (χ2n) is 2.70. The van der Waals surface area contributed by atoms with E-state index in [4.69, 9.17) is 4.52 Å². The molecule has 0 aliphatic carbocycles. The minimum atomic E-state index is 0.577. The fourth-order valence-electron chi connectivity index (χ4n) is 0.870. The van der Waals surface area contributed by atoms with Crippen LogP contribution in [0, 0.1) is 0 Å². The second kappa shape index (κ2) is 4.36. The number of aromatic nitrogens is 1. The zero-order valence-electron chi connectivity index (χ0n) is 7.57. The molecular formula is C9H13NOS. The van der Waals surface area contributed by atoms with Crippen molar-refractivity contribution in [1.82, 2.24) is 5.16 Å². The lowest BCUT2D eigenvalue weighted by Crippen LogP contribution is -1.88. The van der Waals surface area contributed by atoms with Crippen LogP contribution < -0.4 is 0 Å². The molecule has 2 nitrogen and oxygen atoms in total. The van der Waals surface area contributed by atoms with Gasteiger partial charge in [-0.15, -0.1) is 11.8 Å². The van der Waals surface area contributed by atoms with Gasteiger partial charge in [-0.1, -0.05) is 25.1 Å². The fraction of sp³-hybridized carbons (Fsp3) is 0.444. The van der Waals surface area contributed by atoms with Crippen LogP contribution in [0.15, 0.2) is 22.9 Å². The van der Waals surface area contributed by atoms with E-state index in [1.165, 1.54) is 4.91 Å². The van der Waals surface area contributed by atoms with E-state index in [2.05, 4.69) is 25.1 Å². The summed E-state index contributed by atoms with van der Waals surface area (Å²) in [4.78, 5) is 1.18. The van der Waals surface area contributed by atoms with Crippen molar-refractivity contribution < 1.29 is 4.52 Å². The minimum Gasteiger partial charge on any atom is -0.364 e. The molecule has 0 bridgehead atoms. The number of hydrogen-bond acceptors (Lipinski definition) is 3. The van der Waals surface area contributed by atoms with Crippen LogP contribution in [0.1, 0.15) is 26.5 Å². The summed E-state index contributed by atoms with van der Waals surface area (Å²) in [6.45, 7) is 6.34. The van der Waals surface area contributed by atoms with Crippen molar-refractivity contribution in [3.05, 3.63) is 24.1 Å². The van der Waals surface area contributed by atoms with E-state index < -0.39 is 0 Å². The summed E-state index contributed by atoms with van der Waals surface area (Å²) in [5.74, 6) is 0. The molecule has 0 saturated carbocycles. The average molecular weight is 183 g/mol. The maximum atomic E-state index is 4.77. The van der Waals surface area contributed by atoms with Crippen LogP contribution in [0.5, 0.6) is 0 Å². The molecule has 0 spiro atoms. The van der Waals surface area contributed by atoms with Crippen LogP contribution in [-0.4, -0.2) is 10.4 Å². The number of allylic oxidation sites excluding steroid dienone is 1. The van der Waals surface area contributed by atoms with Crippen LogP contribution >= 0.6 is 11.8 Å². The van der Waals surface area contributed by atoms with Gasteiger partial charge in [0.15, 0.2) is 0 Å². The van der Waals surface area contributed by atoms with Crippen molar-refractivity contribution in [2.45, 2.75) is 26.0 Å². The molecule has 0 fully saturated rings. The van der Waals surface area contributed by atoms with Gasteiger partial charge in [0, 0.05) is 16.2 Å². The highest BCUT2D eigenvalue weighted by atomic mass is 32.2. The molecule has 1 aromatic heterocycles. The van der Waals surface area contributed by atoms with E-state index in [0.717, 1.165) is 5.69 Å². The van der Waals surface area contributed by atoms with Crippen molar-refractivity contribution in [2.24, 2.45) is 0 Å². The van der Waals surface area contributed by atoms with Crippen LogP contribution in [0.4, 0.5) is 0 Å². The molecule has 0 unspecified atom stereocenters. The number of thioether (sulfide) groups is 1. The monoisotopic (exact) mass is 183 g/mol. The SMILES string of the molecule is C/C=C(\SC(C)C)c1ccon1. The summed E-state index contributed by atoms with van der Waals surface area (Å²) < 4.78 is 4.77. The Balaban J connectivity index is 2.72. The summed E-state index contributed by atoms with van der Waals surface area (Å²) in [6, 6.07) is 1.88. The molecule has 0 amide bonds. The molecule has 1 rings (SSSR count). The molecule has 3 heteroatoms. The molecule has 0 radical (unpaired) electrons. The zero-order valence-corrected chi connectivity index (χ0v) is 8.39. The van der Waals surface area contributed by atoms with Crippen molar-refractivity contribution in [1.29, 1.82) is 0 Å². The van der Waals surface area contributed by atoms with Crippen molar-refractivity contribution in [3.63, 3.8) is 0 Å². The zero-order chi connectivity index (χ0) is 8.97. The lowest BCUT2D eigenvalue weighted by Gasteiger charge is -2.05. The summed E-state index contributed by atoms with van der Waals surface area (Å²) >= 11 is 1.80. The first kappa shape index (κ1) is 9.39. The quantitative estimate of drug-likeness (QED) is 0.719. The third-order valence-electron chi connectivity index (χ3n) is 1.32. The first-order valence-corrected chi connectivity index (χ1v) is 4.85. The summed E-state index contributed by atoms with van der Waals surface area (Å²) in [5, 5.41) is 4.45. The van der Waals surface area contributed by atoms with E-state index in [1.54, 1.807) is 18.0 Å². The Morgan fingerprint density at radius 3 is 2.83 bits per heavy atom. The molecule has 1 aromatic rings. The molecule has 12 heavy (non-hydrogen) atoms. The van der Waals surface area contributed by atoms with Crippen LogP contribution in [-0.2, 0) is 0 Å². The highest BCUT2D eigenvalue weighted by molar-refractivity contribution is 8.08. The molecule has 0 atom stereocenters. The van der Waals surface area contributed by atoms with Crippen LogP contribution in [0.2, 0.25) is 0 Å².